The fourth-order valence-electron chi connectivity index (χ4n) is 3.50. The van der Waals surface area contributed by atoms with Crippen molar-refractivity contribution in [3.05, 3.63) is 48.3 Å². The quantitative estimate of drug-likeness (QED) is 0.804. The van der Waals surface area contributed by atoms with Crippen molar-refractivity contribution >= 4 is 10.0 Å². The van der Waals surface area contributed by atoms with Gasteiger partial charge < -0.3 is 9.47 Å². The van der Waals surface area contributed by atoms with Gasteiger partial charge in [-0.25, -0.2) is 8.42 Å². The van der Waals surface area contributed by atoms with E-state index in [0.717, 1.165) is 36.3 Å². The zero-order valence-electron chi connectivity index (χ0n) is 14.5. The second-order valence-electron chi connectivity index (χ2n) is 6.73. The number of benzene rings is 1. The molecule has 1 aromatic heterocycles. The summed E-state index contributed by atoms with van der Waals surface area (Å²) in [5.41, 5.74) is 0.973. The van der Waals surface area contributed by atoms with Crippen LogP contribution in [0.5, 0.6) is 11.5 Å². The lowest BCUT2D eigenvalue weighted by atomic mass is 10.0. The second kappa shape index (κ2) is 7.25. The maximum Gasteiger partial charge on any atom is 0.243 e. The predicted octanol–water partition coefficient (Wildman–Crippen LogP) is 2.50. The van der Waals surface area contributed by atoms with Gasteiger partial charge in [0.15, 0.2) is 0 Å². The van der Waals surface area contributed by atoms with Gasteiger partial charge in [-0.2, -0.15) is 4.31 Å². The average molecular weight is 374 g/mol. The van der Waals surface area contributed by atoms with Crippen LogP contribution in [0.4, 0.5) is 0 Å². The lowest BCUT2D eigenvalue weighted by Gasteiger charge is -2.31. The molecule has 1 aromatic carbocycles. The van der Waals surface area contributed by atoms with Crippen LogP contribution in [0.2, 0.25) is 0 Å². The third-order valence-corrected chi connectivity index (χ3v) is 6.78. The molecule has 6 nitrogen and oxygen atoms in total. The van der Waals surface area contributed by atoms with Gasteiger partial charge in [0.05, 0.1) is 18.1 Å². The number of piperidine rings is 1. The topological polar surface area (TPSA) is 68.7 Å². The van der Waals surface area contributed by atoms with Crippen molar-refractivity contribution < 1.29 is 17.9 Å². The molecule has 0 spiro atoms. The summed E-state index contributed by atoms with van der Waals surface area (Å²) in [5, 5.41) is 0. The van der Waals surface area contributed by atoms with Crippen LogP contribution in [0, 0.1) is 5.92 Å². The largest absolute Gasteiger partial charge is 0.493 e. The van der Waals surface area contributed by atoms with Crippen molar-refractivity contribution in [3.8, 4) is 11.5 Å². The highest BCUT2D eigenvalue weighted by Crippen LogP contribution is 2.30. The van der Waals surface area contributed by atoms with Crippen molar-refractivity contribution in [1.29, 1.82) is 0 Å². The van der Waals surface area contributed by atoms with Crippen LogP contribution in [0.3, 0.4) is 0 Å². The highest BCUT2D eigenvalue weighted by atomic mass is 32.2. The molecule has 0 radical (unpaired) electrons. The SMILES string of the molecule is O=S(=O)(c1ccc2c(c1)CCO2)N1CCCC(COc2ccncc2)C1. The predicted molar refractivity (Wildman–Crippen MR) is 96.9 cm³/mol. The van der Waals surface area contributed by atoms with Crippen LogP contribution in [-0.4, -0.2) is 44.0 Å². The monoisotopic (exact) mass is 374 g/mol. The third kappa shape index (κ3) is 3.54. The van der Waals surface area contributed by atoms with Gasteiger partial charge in [-0.1, -0.05) is 0 Å². The van der Waals surface area contributed by atoms with E-state index in [-0.39, 0.29) is 5.92 Å². The molecular formula is C19H22N2O4S. The summed E-state index contributed by atoms with van der Waals surface area (Å²) in [5.74, 6) is 1.74. The molecule has 138 valence electrons. The molecule has 2 aliphatic heterocycles. The van der Waals surface area contributed by atoms with Crippen LogP contribution in [0.1, 0.15) is 18.4 Å². The number of nitrogens with zero attached hydrogens (tertiary/aromatic N) is 2. The van der Waals surface area contributed by atoms with Crippen molar-refractivity contribution in [2.24, 2.45) is 5.92 Å². The molecule has 0 N–H and O–H groups in total. The molecule has 1 fully saturated rings. The molecule has 26 heavy (non-hydrogen) atoms. The summed E-state index contributed by atoms with van der Waals surface area (Å²) < 4.78 is 38.9. The third-order valence-electron chi connectivity index (χ3n) is 4.92. The van der Waals surface area contributed by atoms with E-state index in [0.29, 0.717) is 31.2 Å². The number of rotatable bonds is 5. The van der Waals surface area contributed by atoms with E-state index in [4.69, 9.17) is 9.47 Å². The van der Waals surface area contributed by atoms with E-state index in [1.165, 1.54) is 0 Å². The van der Waals surface area contributed by atoms with Crippen LogP contribution in [0.25, 0.3) is 0 Å². The summed E-state index contributed by atoms with van der Waals surface area (Å²) in [6.45, 7) is 2.17. The molecule has 7 heteroatoms. The van der Waals surface area contributed by atoms with Gasteiger partial charge in [0.2, 0.25) is 10.0 Å². The normalized spacial score (nSPS) is 20.4. The summed E-state index contributed by atoms with van der Waals surface area (Å²) in [6.07, 6.45) is 5.95. The second-order valence-corrected chi connectivity index (χ2v) is 8.67. The molecule has 0 amide bonds. The smallest absolute Gasteiger partial charge is 0.243 e. The number of hydrogen-bond acceptors (Lipinski definition) is 5. The Morgan fingerprint density at radius 2 is 2.08 bits per heavy atom. The maximum absolute atomic E-state index is 13.0. The zero-order chi connectivity index (χ0) is 18.0. The molecule has 1 atom stereocenters. The lowest BCUT2D eigenvalue weighted by molar-refractivity contribution is 0.180. The maximum atomic E-state index is 13.0. The number of pyridine rings is 1. The van der Waals surface area contributed by atoms with Gasteiger partial charge in [-0.15, -0.1) is 0 Å². The van der Waals surface area contributed by atoms with Gasteiger partial charge in [-0.3, -0.25) is 4.98 Å². The van der Waals surface area contributed by atoms with Crippen LogP contribution in [-0.2, 0) is 16.4 Å². The summed E-state index contributed by atoms with van der Waals surface area (Å²) in [7, 11) is -3.49. The van der Waals surface area contributed by atoms with Crippen LogP contribution >= 0.6 is 0 Å². The molecule has 1 unspecified atom stereocenters. The fraction of sp³-hybridized carbons (Fsp3) is 0.421. The van der Waals surface area contributed by atoms with Gasteiger partial charge >= 0.3 is 0 Å². The van der Waals surface area contributed by atoms with E-state index < -0.39 is 10.0 Å². The van der Waals surface area contributed by atoms with E-state index in [1.54, 1.807) is 34.9 Å². The standard InChI is InChI=1S/C19H22N2O4S/c22-26(23,18-3-4-19-16(12-18)7-11-24-19)21-10-1-2-15(13-21)14-25-17-5-8-20-9-6-17/h3-6,8-9,12,15H,1-2,7,10-11,13-14H2. The molecule has 0 aliphatic carbocycles. The first-order valence-corrected chi connectivity index (χ1v) is 10.4. The molecule has 2 aromatic rings. The first-order valence-electron chi connectivity index (χ1n) is 8.91. The zero-order valence-corrected chi connectivity index (χ0v) is 15.3. The van der Waals surface area contributed by atoms with Crippen molar-refractivity contribution in [2.75, 3.05) is 26.3 Å². The molecule has 3 heterocycles. The molecule has 4 rings (SSSR count). The van der Waals surface area contributed by atoms with Gasteiger partial charge in [0.1, 0.15) is 11.5 Å². The Balaban J connectivity index is 1.44. The number of hydrogen-bond donors (Lipinski definition) is 0. The number of sulfonamides is 1. The van der Waals surface area contributed by atoms with Crippen molar-refractivity contribution in [3.63, 3.8) is 0 Å². The first kappa shape index (κ1) is 17.3. The Kier molecular flexibility index (Phi) is 4.82. The number of fused-ring (bicyclic) bond motifs is 1. The molecule has 2 aliphatic rings. The lowest BCUT2D eigenvalue weighted by Crippen LogP contribution is -2.41. The van der Waals surface area contributed by atoms with Gasteiger partial charge in [0.25, 0.3) is 0 Å². The highest BCUT2D eigenvalue weighted by molar-refractivity contribution is 7.89. The summed E-state index contributed by atoms with van der Waals surface area (Å²) in [4.78, 5) is 4.33. The Bertz CT molecular complexity index is 870. The van der Waals surface area contributed by atoms with E-state index >= 15 is 0 Å². The van der Waals surface area contributed by atoms with Crippen LogP contribution < -0.4 is 9.47 Å². The van der Waals surface area contributed by atoms with Crippen molar-refractivity contribution in [2.45, 2.75) is 24.2 Å². The Labute approximate surface area is 153 Å². The van der Waals surface area contributed by atoms with Crippen LogP contribution in [0.15, 0.2) is 47.6 Å². The molecule has 1 saturated heterocycles. The highest BCUT2D eigenvalue weighted by Gasteiger charge is 2.31. The Morgan fingerprint density at radius 1 is 1.23 bits per heavy atom. The number of ether oxygens (including phenoxy) is 2. The minimum Gasteiger partial charge on any atom is -0.493 e. The Hall–Kier alpha value is -2.12. The first-order chi connectivity index (χ1) is 12.6. The van der Waals surface area contributed by atoms with Crippen molar-refractivity contribution in [1.82, 2.24) is 9.29 Å². The average Bonchev–Trinajstić information content (AvgIpc) is 3.15. The minimum absolute atomic E-state index is 0.185. The van der Waals surface area contributed by atoms with E-state index in [2.05, 4.69) is 4.98 Å². The van der Waals surface area contributed by atoms with E-state index in [9.17, 15) is 8.42 Å². The fourth-order valence-corrected chi connectivity index (χ4v) is 5.11. The summed E-state index contributed by atoms with van der Waals surface area (Å²) in [6, 6.07) is 8.79. The minimum atomic E-state index is -3.49. The Morgan fingerprint density at radius 3 is 2.92 bits per heavy atom. The van der Waals surface area contributed by atoms with E-state index in [1.807, 2.05) is 12.1 Å². The molecule has 0 bridgehead atoms. The van der Waals surface area contributed by atoms with Gasteiger partial charge in [-0.05, 0) is 48.7 Å². The van der Waals surface area contributed by atoms with Gasteiger partial charge in [0, 0.05) is 37.8 Å². The molecule has 0 saturated carbocycles. The summed E-state index contributed by atoms with van der Waals surface area (Å²) >= 11 is 0. The number of aromatic nitrogens is 1. The molecular weight excluding hydrogens is 352 g/mol.